The zero-order chi connectivity index (χ0) is 17.8. The van der Waals surface area contributed by atoms with E-state index in [1.807, 2.05) is 30.4 Å². The van der Waals surface area contributed by atoms with Gasteiger partial charge in [0.15, 0.2) is 11.5 Å². The standard InChI is InChI=1S/C18H19NO4S2/c1-21-8-4-7-19-17(20)15(25-18(19)24)10-12-9-13-5-3-6-14(22-2)16(13)23-11-12/h3,5-6,9-10H,4,7-8,11H2,1-2H3. The van der Waals surface area contributed by atoms with E-state index in [4.69, 9.17) is 26.4 Å². The second kappa shape index (κ2) is 8.03. The highest BCUT2D eigenvalue weighted by atomic mass is 32.2. The fourth-order valence-corrected chi connectivity index (χ4v) is 3.99. The van der Waals surface area contributed by atoms with Gasteiger partial charge in [-0.1, -0.05) is 36.1 Å². The summed E-state index contributed by atoms with van der Waals surface area (Å²) in [6, 6.07) is 5.74. The number of rotatable bonds is 6. The molecule has 5 nitrogen and oxygen atoms in total. The minimum absolute atomic E-state index is 0.0524. The highest BCUT2D eigenvalue weighted by molar-refractivity contribution is 8.26. The number of ether oxygens (including phenoxy) is 3. The van der Waals surface area contributed by atoms with Crippen molar-refractivity contribution in [2.24, 2.45) is 0 Å². The van der Waals surface area contributed by atoms with Crippen LogP contribution < -0.4 is 9.47 Å². The van der Waals surface area contributed by atoms with Crippen molar-refractivity contribution in [1.82, 2.24) is 4.90 Å². The lowest BCUT2D eigenvalue weighted by atomic mass is 10.1. The molecule has 132 valence electrons. The zero-order valence-electron chi connectivity index (χ0n) is 14.1. The third kappa shape index (κ3) is 3.89. The van der Waals surface area contributed by atoms with Gasteiger partial charge in [0.25, 0.3) is 5.91 Å². The molecule has 2 aliphatic rings. The van der Waals surface area contributed by atoms with Gasteiger partial charge in [0.05, 0.1) is 12.0 Å². The molecule has 1 saturated heterocycles. The zero-order valence-corrected chi connectivity index (χ0v) is 15.7. The second-order valence-electron chi connectivity index (χ2n) is 5.57. The highest BCUT2D eigenvalue weighted by Gasteiger charge is 2.32. The molecule has 7 heteroatoms. The summed E-state index contributed by atoms with van der Waals surface area (Å²) in [5.74, 6) is 1.38. The molecule has 1 amide bonds. The molecule has 2 aliphatic heterocycles. The quantitative estimate of drug-likeness (QED) is 0.431. The van der Waals surface area contributed by atoms with Gasteiger partial charge in [-0.05, 0) is 30.2 Å². The van der Waals surface area contributed by atoms with E-state index in [1.165, 1.54) is 11.8 Å². The molecule has 0 saturated carbocycles. The van der Waals surface area contributed by atoms with Gasteiger partial charge in [0.2, 0.25) is 0 Å². The number of thiocarbonyl (C=S) groups is 1. The van der Waals surface area contributed by atoms with Crippen LogP contribution in [0.1, 0.15) is 12.0 Å². The van der Waals surface area contributed by atoms with Crippen LogP contribution in [0.2, 0.25) is 0 Å². The number of para-hydroxylation sites is 1. The van der Waals surface area contributed by atoms with Crippen LogP contribution in [0, 0.1) is 0 Å². The maximum Gasteiger partial charge on any atom is 0.266 e. The van der Waals surface area contributed by atoms with Crippen LogP contribution in [-0.2, 0) is 9.53 Å². The number of thioether (sulfide) groups is 1. The molecule has 3 rings (SSSR count). The second-order valence-corrected chi connectivity index (χ2v) is 7.24. The third-order valence-corrected chi connectivity index (χ3v) is 5.25. The van der Waals surface area contributed by atoms with Crippen LogP contribution in [0.3, 0.4) is 0 Å². The summed E-state index contributed by atoms with van der Waals surface area (Å²) in [6.07, 6.45) is 4.63. The molecule has 0 aliphatic carbocycles. The Morgan fingerprint density at radius 3 is 3.00 bits per heavy atom. The van der Waals surface area contributed by atoms with E-state index in [-0.39, 0.29) is 5.91 Å². The van der Waals surface area contributed by atoms with Crippen molar-refractivity contribution in [2.45, 2.75) is 6.42 Å². The topological polar surface area (TPSA) is 48.0 Å². The van der Waals surface area contributed by atoms with Gasteiger partial charge in [0, 0.05) is 25.8 Å². The van der Waals surface area contributed by atoms with E-state index in [1.54, 1.807) is 19.1 Å². The first-order valence-corrected chi connectivity index (χ1v) is 9.11. The van der Waals surface area contributed by atoms with Crippen molar-refractivity contribution < 1.29 is 19.0 Å². The first-order valence-electron chi connectivity index (χ1n) is 7.88. The van der Waals surface area contributed by atoms with Crippen LogP contribution in [0.25, 0.3) is 6.08 Å². The van der Waals surface area contributed by atoms with E-state index in [2.05, 4.69) is 0 Å². The van der Waals surface area contributed by atoms with Crippen LogP contribution in [0.4, 0.5) is 0 Å². The SMILES string of the molecule is COCCCN1C(=O)C(=CC2=Cc3cccc(OC)c3OC2)SC1=S. The molecule has 0 atom stereocenters. The molecule has 0 spiro atoms. The number of nitrogens with zero attached hydrogens (tertiary/aromatic N) is 1. The minimum atomic E-state index is -0.0524. The van der Waals surface area contributed by atoms with Crippen molar-refractivity contribution >= 4 is 40.3 Å². The number of fused-ring (bicyclic) bond motifs is 1. The highest BCUT2D eigenvalue weighted by Crippen LogP contribution is 2.37. The molecule has 1 fully saturated rings. The molecule has 0 unspecified atom stereocenters. The maximum atomic E-state index is 12.6. The predicted octanol–water partition coefficient (Wildman–Crippen LogP) is 3.25. The predicted molar refractivity (Wildman–Crippen MR) is 103 cm³/mol. The van der Waals surface area contributed by atoms with E-state index in [0.717, 1.165) is 23.3 Å². The van der Waals surface area contributed by atoms with Crippen molar-refractivity contribution in [3.63, 3.8) is 0 Å². The molecular weight excluding hydrogens is 358 g/mol. The smallest absolute Gasteiger partial charge is 0.266 e. The fourth-order valence-electron chi connectivity index (χ4n) is 2.67. The number of methoxy groups -OCH3 is 2. The number of carbonyl (C=O) groups excluding carboxylic acids is 1. The van der Waals surface area contributed by atoms with Gasteiger partial charge in [-0.25, -0.2) is 0 Å². The number of carbonyl (C=O) groups is 1. The molecule has 0 bridgehead atoms. The lowest BCUT2D eigenvalue weighted by molar-refractivity contribution is -0.122. The minimum Gasteiger partial charge on any atom is -0.493 e. The van der Waals surface area contributed by atoms with Crippen LogP contribution >= 0.6 is 24.0 Å². The summed E-state index contributed by atoms with van der Waals surface area (Å²) in [5.41, 5.74) is 1.87. The Morgan fingerprint density at radius 1 is 1.40 bits per heavy atom. The summed E-state index contributed by atoms with van der Waals surface area (Å²) in [6.45, 7) is 1.57. The Morgan fingerprint density at radius 2 is 2.24 bits per heavy atom. The summed E-state index contributed by atoms with van der Waals surface area (Å²) < 4.78 is 16.8. The van der Waals surface area contributed by atoms with Crippen LogP contribution in [0.5, 0.6) is 11.5 Å². The fraction of sp³-hybridized carbons (Fsp3) is 0.333. The van der Waals surface area contributed by atoms with Crippen molar-refractivity contribution in [2.75, 3.05) is 34.0 Å². The van der Waals surface area contributed by atoms with Gasteiger partial charge in [-0.3, -0.25) is 9.69 Å². The molecule has 25 heavy (non-hydrogen) atoms. The number of amides is 1. The summed E-state index contributed by atoms with van der Waals surface area (Å²) >= 11 is 6.66. The van der Waals surface area contributed by atoms with Crippen molar-refractivity contribution in [3.8, 4) is 11.5 Å². The monoisotopic (exact) mass is 377 g/mol. The van der Waals surface area contributed by atoms with E-state index >= 15 is 0 Å². The van der Waals surface area contributed by atoms with Gasteiger partial charge in [-0.2, -0.15) is 0 Å². The normalized spacial score (nSPS) is 18.2. The van der Waals surface area contributed by atoms with Crippen LogP contribution in [0.15, 0.2) is 34.8 Å². The molecule has 0 aromatic heterocycles. The largest absolute Gasteiger partial charge is 0.493 e. The maximum absolute atomic E-state index is 12.6. The van der Waals surface area contributed by atoms with Crippen molar-refractivity contribution in [3.05, 3.63) is 40.3 Å². The average molecular weight is 377 g/mol. The molecule has 1 aromatic rings. The molecule has 2 heterocycles. The molecule has 0 radical (unpaired) electrons. The Kier molecular flexibility index (Phi) is 5.78. The summed E-state index contributed by atoms with van der Waals surface area (Å²) in [4.78, 5) is 14.8. The first kappa shape index (κ1) is 18.0. The molecule has 0 N–H and O–H groups in total. The number of benzene rings is 1. The van der Waals surface area contributed by atoms with E-state index in [9.17, 15) is 4.79 Å². The number of hydrogen-bond donors (Lipinski definition) is 0. The van der Waals surface area contributed by atoms with E-state index < -0.39 is 0 Å². The lowest BCUT2D eigenvalue weighted by Gasteiger charge is -2.18. The molecular formula is C18H19NO4S2. The van der Waals surface area contributed by atoms with Gasteiger partial charge < -0.3 is 14.2 Å². The third-order valence-electron chi connectivity index (χ3n) is 3.87. The average Bonchev–Trinajstić information content (AvgIpc) is 2.88. The Labute approximate surface area is 156 Å². The molecule has 1 aromatic carbocycles. The number of hydrogen-bond acceptors (Lipinski definition) is 6. The van der Waals surface area contributed by atoms with Gasteiger partial charge >= 0.3 is 0 Å². The summed E-state index contributed by atoms with van der Waals surface area (Å²) in [7, 11) is 3.26. The Balaban J connectivity index is 1.78. The Bertz CT molecular complexity index is 757. The first-order chi connectivity index (χ1) is 12.1. The van der Waals surface area contributed by atoms with E-state index in [0.29, 0.717) is 34.7 Å². The van der Waals surface area contributed by atoms with Crippen LogP contribution in [-0.4, -0.2) is 49.1 Å². The Hall–Kier alpha value is -1.83. The van der Waals surface area contributed by atoms with Crippen molar-refractivity contribution in [1.29, 1.82) is 0 Å². The summed E-state index contributed by atoms with van der Waals surface area (Å²) in [5, 5.41) is 0. The lowest BCUT2D eigenvalue weighted by Crippen LogP contribution is -2.29. The van der Waals surface area contributed by atoms with Gasteiger partial charge in [0.1, 0.15) is 10.9 Å². The van der Waals surface area contributed by atoms with Gasteiger partial charge in [-0.15, -0.1) is 0 Å².